The fourth-order valence-electron chi connectivity index (χ4n) is 4.46. The zero-order valence-electron chi connectivity index (χ0n) is 20.1. The summed E-state index contributed by atoms with van der Waals surface area (Å²) in [7, 11) is 1.65. The molecule has 3 aromatic carbocycles. The van der Waals surface area contributed by atoms with Gasteiger partial charge in [0.15, 0.2) is 0 Å². The van der Waals surface area contributed by atoms with E-state index < -0.39 is 0 Å². The molecule has 0 aromatic heterocycles. The second kappa shape index (κ2) is 12.2. The van der Waals surface area contributed by atoms with Gasteiger partial charge in [0, 0.05) is 36.4 Å². The molecule has 3 aromatic rings. The summed E-state index contributed by atoms with van der Waals surface area (Å²) < 4.78 is 5.40. The fraction of sp³-hybridized carbons (Fsp3) is 0.286. The lowest BCUT2D eigenvalue weighted by Crippen LogP contribution is -2.45. The Morgan fingerprint density at radius 3 is 2.42 bits per heavy atom. The van der Waals surface area contributed by atoms with E-state index in [1.165, 1.54) is 0 Å². The van der Waals surface area contributed by atoms with Crippen LogP contribution < -0.4 is 20.3 Å². The molecule has 0 atom stereocenters. The number of carbonyl (C=O) groups is 2. The quantitative estimate of drug-likeness (QED) is 0.414. The molecule has 0 unspecified atom stereocenters. The van der Waals surface area contributed by atoms with Gasteiger partial charge < -0.3 is 20.3 Å². The van der Waals surface area contributed by atoms with Crippen molar-refractivity contribution < 1.29 is 14.3 Å². The number of methoxy groups -OCH3 is 1. The van der Waals surface area contributed by atoms with Gasteiger partial charge in [-0.2, -0.15) is 0 Å². The van der Waals surface area contributed by atoms with E-state index in [1.807, 2.05) is 48.5 Å². The van der Waals surface area contributed by atoms with Gasteiger partial charge in [-0.3, -0.25) is 9.59 Å². The summed E-state index contributed by atoms with van der Waals surface area (Å²) in [5.41, 5.74) is 3.02. The van der Waals surface area contributed by atoms with Crippen LogP contribution in [0.15, 0.2) is 66.7 Å². The Kier molecular flexibility index (Phi) is 8.73. The van der Waals surface area contributed by atoms with Crippen molar-refractivity contribution in [1.29, 1.82) is 0 Å². The molecule has 1 aliphatic heterocycles. The van der Waals surface area contributed by atoms with Crippen LogP contribution in [0.3, 0.4) is 0 Å². The summed E-state index contributed by atoms with van der Waals surface area (Å²) in [4.78, 5) is 27.9. The number of hydrogen-bond donors (Lipinski definition) is 2. The largest absolute Gasteiger partial charge is 0.496 e. The molecule has 0 aliphatic carbocycles. The number of nitrogens with one attached hydrogen (secondary N) is 2. The Hall–Kier alpha value is -3.22. The first-order valence-electron chi connectivity index (χ1n) is 12.0. The van der Waals surface area contributed by atoms with Gasteiger partial charge in [0.05, 0.1) is 23.3 Å². The summed E-state index contributed by atoms with van der Waals surface area (Å²) in [5.74, 6) is 0.513. The maximum atomic E-state index is 13.0. The Labute approximate surface area is 221 Å². The number of carbonyl (C=O) groups excluding carboxylic acids is 2. The lowest BCUT2D eigenvalue weighted by Gasteiger charge is -2.35. The second-order valence-corrected chi connectivity index (χ2v) is 9.54. The molecular formula is C28H29Cl2N3O3. The van der Waals surface area contributed by atoms with E-state index in [0.29, 0.717) is 34.1 Å². The first-order chi connectivity index (χ1) is 17.5. The number of para-hydroxylation sites is 2. The van der Waals surface area contributed by atoms with Crippen molar-refractivity contribution in [2.24, 2.45) is 0 Å². The third-order valence-corrected chi connectivity index (χ3v) is 6.92. The van der Waals surface area contributed by atoms with Crippen LogP contribution in [0, 0.1) is 0 Å². The summed E-state index contributed by atoms with van der Waals surface area (Å²) in [6, 6.07) is 20.3. The number of halogens is 2. The van der Waals surface area contributed by atoms with E-state index in [9.17, 15) is 9.59 Å². The van der Waals surface area contributed by atoms with Crippen molar-refractivity contribution in [3.8, 4) is 5.75 Å². The normalized spacial score (nSPS) is 13.8. The van der Waals surface area contributed by atoms with Gasteiger partial charge in [0.1, 0.15) is 5.75 Å². The lowest BCUT2D eigenvalue weighted by atomic mass is 10.0. The molecule has 1 fully saturated rings. The molecule has 8 heteroatoms. The fourth-order valence-corrected chi connectivity index (χ4v) is 4.95. The molecule has 2 amide bonds. The van der Waals surface area contributed by atoms with Crippen LogP contribution in [0.25, 0.3) is 0 Å². The van der Waals surface area contributed by atoms with Crippen LogP contribution in [0.5, 0.6) is 5.75 Å². The van der Waals surface area contributed by atoms with Crippen LogP contribution in [0.1, 0.15) is 39.1 Å². The minimum atomic E-state index is -0.204. The van der Waals surface area contributed by atoms with Crippen molar-refractivity contribution in [1.82, 2.24) is 10.6 Å². The van der Waals surface area contributed by atoms with E-state index >= 15 is 0 Å². The summed E-state index contributed by atoms with van der Waals surface area (Å²) >= 11 is 12.1. The minimum Gasteiger partial charge on any atom is -0.496 e. The van der Waals surface area contributed by atoms with Gasteiger partial charge in [-0.05, 0) is 61.2 Å². The van der Waals surface area contributed by atoms with Gasteiger partial charge in [-0.15, -0.1) is 0 Å². The highest BCUT2D eigenvalue weighted by molar-refractivity contribution is 6.36. The Morgan fingerprint density at radius 1 is 0.944 bits per heavy atom. The van der Waals surface area contributed by atoms with Gasteiger partial charge >= 0.3 is 0 Å². The molecule has 0 saturated carbocycles. The maximum absolute atomic E-state index is 13.0. The van der Waals surface area contributed by atoms with Gasteiger partial charge in [-0.1, -0.05) is 53.5 Å². The molecule has 0 spiro atoms. The highest BCUT2D eigenvalue weighted by Gasteiger charge is 2.24. The van der Waals surface area contributed by atoms with Crippen LogP contribution in [-0.4, -0.2) is 44.6 Å². The molecule has 4 rings (SSSR count). The van der Waals surface area contributed by atoms with Crippen LogP contribution in [-0.2, 0) is 6.42 Å². The third kappa shape index (κ3) is 6.31. The highest BCUT2D eigenvalue weighted by atomic mass is 35.5. The summed E-state index contributed by atoms with van der Waals surface area (Å²) in [6.45, 7) is 1.96. The minimum absolute atomic E-state index is 0.0299. The van der Waals surface area contributed by atoms with Crippen LogP contribution in [0.4, 0.5) is 5.69 Å². The monoisotopic (exact) mass is 525 g/mol. The standard InChI is InChI=1S/C28H29Cl2N3O3/c1-36-26-9-5-2-6-19(26)12-15-31-27(34)23-7-3-4-8-25(23)33-16-13-21(14-17-33)32-28(35)22-11-10-20(29)18-24(22)30/h2-11,18,21H,12-17H2,1H3,(H,31,34)(H,32,35). The Balaban J connectivity index is 1.33. The van der Waals surface area contributed by atoms with E-state index in [-0.39, 0.29) is 17.9 Å². The van der Waals surface area contributed by atoms with E-state index in [0.717, 1.165) is 42.9 Å². The number of nitrogens with zero attached hydrogens (tertiary/aromatic N) is 1. The SMILES string of the molecule is COc1ccccc1CCNC(=O)c1ccccc1N1CCC(NC(=O)c2ccc(Cl)cc2Cl)CC1. The average molecular weight is 526 g/mol. The molecule has 0 bridgehead atoms. The summed E-state index contributed by atoms with van der Waals surface area (Å²) in [6.07, 6.45) is 2.21. The van der Waals surface area contributed by atoms with Crippen molar-refractivity contribution in [2.45, 2.75) is 25.3 Å². The number of hydrogen-bond acceptors (Lipinski definition) is 4. The van der Waals surface area contributed by atoms with Gasteiger partial charge in [0.2, 0.25) is 0 Å². The van der Waals surface area contributed by atoms with Crippen LogP contribution >= 0.6 is 23.2 Å². The molecule has 0 radical (unpaired) electrons. The molecule has 2 N–H and O–H groups in total. The van der Waals surface area contributed by atoms with Crippen molar-refractivity contribution in [2.75, 3.05) is 31.6 Å². The lowest BCUT2D eigenvalue weighted by molar-refractivity contribution is 0.0929. The molecule has 36 heavy (non-hydrogen) atoms. The Bertz CT molecular complexity index is 1230. The number of rotatable bonds is 8. The number of anilines is 1. The zero-order chi connectivity index (χ0) is 25.5. The van der Waals surface area contributed by atoms with E-state index in [1.54, 1.807) is 25.3 Å². The topological polar surface area (TPSA) is 70.7 Å². The Morgan fingerprint density at radius 2 is 1.67 bits per heavy atom. The highest BCUT2D eigenvalue weighted by Crippen LogP contribution is 2.26. The second-order valence-electron chi connectivity index (χ2n) is 8.69. The van der Waals surface area contributed by atoms with Gasteiger partial charge in [0.25, 0.3) is 11.8 Å². The van der Waals surface area contributed by atoms with Crippen molar-refractivity contribution in [3.05, 3.63) is 93.5 Å². The van der Waals surface area contributed by atoms with E-state index in [4.69, 9.17) is 27.9 Å². The predicted molar refractivity (Wildman–Crippen MR) is 145 cm³/mol. The summed E-state index contributed by atoms with van der Waals surface area (Å²) in [5, 5.41) is 6.94. The van der Waals surface area contributed by atoms with Crippen molar-refractivity contribution >= 4 is 40.7 Å². The smallest absolute Gasteiger partial charge is 0.253 e. The first-order valence-corrected chi connectivity index (χ1v) is 12.7. The van der Waals surface area contributed by atoms with Crippen LogP contribution in [0.2, 0.25) is 10.0 Å². The average Bonchev–Trinajstić information content (AvgIpc) is 2.89. The first kappa shape index (κ1) is 25.9. The number of amides is 2. The van der Waals surface area contributed by atoms with E-state index in [2.05, 4.69) is 15.5 Å². The molecule has 1 aliphatic rings. The third-order valence-electron chi connectivity index (χ3n) is 6.37. The number of ether oxygens (including phenoxy) is 1. The molecule has 1 saturated heterocycles. The predicted octanol–water partition coefficient (Wildman–Crippen LogP) is 5.37. The molecule has 1 heterocycles. The number of piperidine rings is 1. The maximum Gasteiger partial charge on any atom is 0.253 e. The molecular weight excluding hydrogens is 497 g/mol. The zero-order valence-corrected chi connectivity index (χ0v) is 21.6. The number of benzene rings is 3. The molecule has 188 valence electrons. The van der Waals surface area contributed by atoms with Crippen molar-refractivity contribution in [3.63, 3.8) is 0 Å². The molecule has 6 nitrogen and oxygen atoms in total. The van der Waals surface area contributed by atoms with Gasteiger partial charge in [-0.25, -0.2) is 0 Å².